The van der Waals surface area contributed by atoms with Crippen molar-refractivity contribution in [2.75, 3.05) is 26.0 Å². The van der Waals surface area contributed by atoms with Crippen molar-refractivity contribution in [3.63, 3.8) is 0 Å². The summed E-state index contributed by atoms with van der Waals surface area (Å²) < 4.78 is 0. The lowest BCUT2D eigenvalue weighted by Gasteiger charge is -2.13. The van der Waals surface area contributed by atoms with Crippen molar-refractivity contribution in [1.82, 2.24) is 14.9 Å². The number of rotatable bonds is 5. The van der Waals surface area contributed by atoms with Crippen molar-refractivity contribution in [2.45, 2.75) is 13.5 Å². The van der Waals surface area contributed by atoms with Crippen molar-refractivity contribution in [2.24, 2.45) is 0 Å². The topological polar surface area (TPSA) is 41.1 Å². The predicted molar refractivity (Wildman–Crippen MR) is 92.3 cm³/mol. The van der Waals surface area contributed by atoms with Crippen LogP contribution < -0.4 is 5.32 Å². The average Bonchev–Trinajstić information content (AvgIpc) is 3.14. The Bertz CT molecular complexity index is 734. The molecule has 110 valence electrons. The first kappa shape index (κ1) is 14.4. The Kier molecular flexibility index (Phi) is 4.19. The van der Waals surface area contributed by atoms with Gasteiger partial charge < -0.3 is 5.32 Å². The van der Waals surface area contributed by atoms with Gasteiger partial charge >= 0.3 is 0 Å². The highest BCUT2D eigenvalue weighted by Crippen LogP contribution is 2.38. The summed E-state index contributed by atoms with van der Waals surface area (Å²) in [5.74, 6) is 1.79. The van der Waals surface area contributed by atoms with Crippen molar-refractivity contribution in [1.29, 1.82) is 0 Å². The Hall–Kier alpha value is -1.50. The minimum absolute atomic E-state index is 0.771. The predicted octanol–water partition coefficient (Wildman–Crippen LogP) is 3.91. The third-order valence-corrected chi connectivity index (χ3v) is 5.23. The SMILES string of the molecule is CCN(C)Cc1nc(NC)c2c(-c3cccs3)csc2n1. The number of anilines is 1. The number of hydrogen-bond donors (Lipinski definition) is 1. The summed E-state index contributed by atoms with van der Waals surface area (Å²) in [5.41, 5.74) is 1.23. The van der Waals surface area contributed by atoms with E-state index >= 15 is 0 Å². The fourth-order valence-corrected chi connectivity index (χ4v) is 3.98. The first-order chi connectivity index (χ1) is 10.2. The van der Waals surface area contributed by atoms with Crippen LogP contribution in [0, 0.1) is 0 Å². The van der Waals surface area contributed by atoms with Gasteiger partial charge in [0, 0.05) is 22.9 Å². The highest BCUT2D eigenvalue weighted by molar-refractivity contribution is 7.18. The van der Waals surface area contributed by atoms with Crippen molar-refractivity contribution < 1.29 is 0 Å². The molecule has 0 aliphatic rings. The van der Waals surface area contributed by atoms with Crippen molar-refractivity contribution in [3.05, 3.63) is 28.7 Å². The molecule has 3 heterocycles. The van der Waals surface area contributed by atoms with Gasteiger partial charge in [-0.2, -0.15) is 0 Å². The van der Waals surface area contributed by atoms with E-state index in [0.717, 1.165) is 34.9 Å². The average molecular weight is 318 g/mol. The van der Waals surface area contributed by atoms with E-state index in [0.29, 0.717) is 0 Å². The Morgan fingerprint density at radius 2 is 2.14 bits per heavy atom. The molecule has 3 aromatic heterocycles. The van der Waals surface area contributed by atoms with Crippen LogP contribution in [0.5, 0.6) is 0 Å². The minimum Gasteiger partial charge on any atom is -0.372 e. The van der Waals surface area contributed by atoms with Crippen LogP contribution >= 0.6 is 22.7 Å². The van der Waals surface area contributed by atoms with Gasteiger partial charge in [0.05, 0.1) is 11.9 Å². The molecule has 1 N–H and O–H groups in total. The number of nitrogens with zero attached hydrogens (tertiary/aromatic N) is 3. The van der Waals surface area contributed by atoms with E-state index in [2.05, 4.69) is 47.1 Å². The smallest absolute Gasteiger partial charge is 0.146 e. The number of fused-ring (bicyclic) bond motifs is 1. The molecule has 0 saturated carbocycles. The second-order valence-corrected chi connectivity index (χ2v) is 6.68. The molecule has 0 bridgehead atoms. The summed E-state index contributed by atoms with van der Waals surface area (Å²) in [5, 5.41) is 8.64. The van der Waals surface area contributed by atoms with Crippen LogP contribution in [0.1, 0.15) is 12.7 Å². The Labute approximate surface area is 132 Å². The van der Waals surface area contributed by atoms with Crippen LogP contribution in [0.2, 0.25) is 0 Å². The molecule has 3 aromatic rings. The third kappa shape index (κ3) is 2.79. The van der Waals surface area contributed by atoms with Crippen molar-refractivity contribution >= 4 is 38.7 Å². The van der Waals surface area contributed by atoms with E-state index in [1.807, 2.05) is 7.05 Å². The first-order valence-electron chi connectivity index (χ1n) is 6.91. The normalized spacial score (nSPS) is 11.4. The van der Waals surface area contributed by atoms with Crippen LogP contribution in [-0.4, -0.2) is 35.5 Å². The zero-order valence-corrected chi connectivity index (χ0v) is 14.0. The second-order valence-electron chi connectivity index (χ2n) is 4.88. The van der Waals surface area contributed by atoms with Gasteiger partial charge in [-0.15, -0.1) is 22.7 Å². The molecule has 0 atom stereocenters. The molecule has 0 spiro atoms. The number of aromatic nitrogens is 2. The molecule has 0 unspecified atom stereocenters. The lowest BCUT2D eigenvalue weighted by molar-refractivity contribution is 0.337. The van der Waals surface area contributed by atoms with E-state index in [4.69, 9.17) is 9.97 Å². The minimum atomic E-state index is 0.771. The largest absolute Gasteiger partial charge is 0.372 e. The van der Waals surface area contributed by atoms with Crippen LogP contribution in [0.4, 0.5) is 5.82 Å². The van der Waals surface area contributed by atoms with E-state index < -0.39 is 0 Å². The van der Waals surface area contributed by atoms with E-state index in [1.165, 1.54) is 10.4 Å². The molecule has 21 heavy (non-hydrogen) atoms. The van der Waals surface area contributed by atoms with Gasteiger partial charge in [0.2, 0.25) is 0 Å². The molecule has 0 radical (unpaired) electrons. The number of nitrogens with one attached hydrogen (secondary N) is 1. The maximum Gasteiger partial charge on any atom is 0.146 e. The number of hydrogen-bond acceptors (Lipinski definition) is 6. The third-order valence-electron chi connectivity index (χ3n) is 3.45. The van der Waals surface area contributed by atoms with E-state index in [-0.39, 0.29) is 0 Å². The first-order valence-corrected chi connectivity index (χ1v) is 8.67. The van der Waals surface area contributed by atoms with Gasteiger partial charge in [-0.05, 0) is 25.0 Å². The second kappa shape index (κ2) is 6.09. The maximum atomic E-state index is 4.73. The lowest BCUT2D eigenvalue weighted by atomic mass is 10.2. The standard InChI is InChI=1S/C15H18N4S2/c1-4-19(3)8-12-17-14(16-2)13-10(9-21-15(13)18-12)11-6-5-7-20-11/h5-7,9H,4,8H2,1-3H3,(H,16,17,18). The van der Waals surface area contributed by atoms with Crippen LogP contribution in [-0.2, 0) is 6.54 Å². The quantitative estimate of drug-likeness (QED) is 0.774. The Morgan fingerprint density at radius 3 is 2.81 bits per heavy atom. The Balaban J connectivity index is 2.11. The van der Waals surface area contributed by atoms with Gasteiger partial charge in [-0.1, -0.05) is 13.0 Å². The Morgan fingerprint density at radius 1 is 1.29 bits per heavy atom. The lowest BCUT2D eigenvalue weighted by Crippen LogP contribution is -2.18. The molecule has 4 nitrogen and oxygen atoms in total. The summed E-state index contributed by atoms with van der Waals surface area (Å²) in [4.78, 5) is 13.9. The molecule has 3 rings (SSSR count). The summed E-state index contributed by atoms with van der Waals surface area (Å²) in [7, 11) is 4.00. The fourth-order valence-electron chi connectivity index (χ4n) is 2.20. The molecule has 6 heteroatoms. The summed E-state index contributed by atoms with van der Waals surface area (Å²) in [6.45, 7) is 3.89. The van der Waals surface area contributed by atoms with Gasteiger partial charge in [0.25, 0.3) is 0 Å². The van der Waals surface area contributed by atoms with Crippen LogP contribution in [0.3, 0.4) is 0 Å². The van der Waals surface area contributed by atoms with E-state index in [9.17, 15) is 0 Å². The molecular formula is C15H18N4S2. The highest BCUT2D eigenvalue weighted by atomic mass is 32.1. The molecule has 0 saturated heterocycles. The van der Waals surface area contributed by atoms with Gasteiger partial charge in [-0.25, -0.2) is 9.97 Å². The monoisotopic (exact) mass is 318 g/mol. The molecule has 0 aliphatic heterocycles. The van der Waals surface area contributed by atoms with Crippen molar-refractivity contribution in [3.8, 4) is 10.4 Å². The summed E-state index contributed by atoms with van der Waals surface area (Å²) in [6, 6.07) is 4.22. The maximum absolute atomic E-state index is 4.73. The molecular weight excluding hydrogens is 300 g/mol. The number of thiophene rings is 2. The zero-order valence-electron chi connectivity index (χ0n) is 12.4. The zero-order chi connectivity index (χ0) is 14.8. The summed E-state index contributed by atoms with van der Waals surface area (Å²) >= 11 is 3.44. The molecule has 0 amide bonds. The molecule has 0 aliphatic carbocycles. The fraction of sp³-hybridized carbons (Fsp3) is 0.333. The van der Waals surface area contributed by atoms with Crippen LogP contribution in [0.25, 0.3) is 20.7 Å². The van der Waals surface area contributed by atoms with Gasteiger partial charge in [-0.3, -0.25) is 4.90 Å². The van der Waals surface area contributed by atoms with Gasteiger partial charge in [0.15, 0.2) is 0 Å². The highest BCUT2D eigenvalue weighted by Gasteiger charge is 2.15. The molecule has 0 aromatic carbocycles. The molecule has 0 fully saturated rings. The van der Waals surface area contributed by atoms with Gasteiger partial charge in [0.1, 0.15) is 16.5 Å². The van der Waals surface area contributed by atoms with Crippen LogP contribution in [0.15, 0.2) is 22.9 Å². The van der Waals surface area contributed by atoms with E-state index in [1.54, 1.807) is 22.7 Å². The summed E-state index contributed by atoms with van der Waals surface area (Å²) in [6.07, 6.45) is 0.